The van der Waals surface area contributed by atoms with Gasteiger partial charge in [-0.15, -0.1) is 0 Å². The maximum absolute atomic E-state index is 13.7. The summed E-state index contributed by atoms with van der Waals surface area (Å²) in [6.45, 7) is 2.69. The second-order valence-corrected chi connectivity index (χ2v) is 14.2. The van der Waals surface area contributed by atoms with Crippen molar-refractivity contribution in [2.45, 2.75) is 61.4 Å². The highest BCUT2D eigenvalue weighted by atomic mass is 32.3. The van der Waals surface area contributed by atoms with Crippen LogP contribution in [0.2, 0.25) is 0 Å². The van der Waals surface area contributed by atoms with Gasteiger partial charge >= 0.3 is 0 Å². The van der Waals surface area contributed by atoms with E-state index in [1.54, 1.807) is 13.8 Å². The van der Waals surface area contributed by atoms with Crippen molar-refractivity contribution >= 4 is 43.7 Å². The topological polar surface area (TPSA) is 228 Å². The van der Waals surface area contributed by atoms with Crippen molar-refractivity contribution in [3.8, 4) is 0 Å². The van der Waals surface area contributed by atoms with E-state index in [0.717, 1.165) is 16.0 Å². The van der Waals surface area contributed by atoms with E-state index < -0.39 is 56.4 Å². The number of likely N-dealkylation sites (tertiary alicyclic amines) is 1. The standard InChI is InChI=1S/C27H37N7O7S2/c1-18-7-11-20(12-8-18)42(38,39)34(43(40,41)21-13-9-19(2)10-14-21)17-24(35)33-16-4-6-23(33)26(37)32-22(25(28)36)5-3-15-31-27(29)30/h7-14,22-23H,3-6,15-17H2,1-2H3,(H2,28,36)(H,32,37)(H4,29,30,31)/t22-,23-/m0/s1. The Balaban J connectivity index is 1.88. The quantitative estimate of drug-likeness (QED) is 0.128. The molecular weight excluding hydrogens is 598 g/mol. The normalized spacial score (nSPS) is 16.1. The van der Waals surface area contributed by atoms with E-state index >= 15 is 0 Å². The smallest absolute Gasteiger partial charge is 0.256 e. The number of nitrogens with one attached hydrogen (secondary N) is 1. The molecule has 7 N–H and O–H groups in total. The van der Waals surface area contributed by atoms with Gasteiger partial charge in [0.1, 0.15) is 18.6 Å². The number of nitrogens with two attached hydrogens (primary N) is 3. The van der Waals surface area contributed by atoms with Crippen molar-refractivity contribution in [1.29, 1.82) is 0 Å². The minimum atomic E-state index is -4.74. The monoisotopic (exact) mass is 635 g/mol. The summed E-state index contributed by atoms with van der Waals surface area (Å²) in [6.07, 6.45) is 1.08. The first-order valence-corrected chi connectivity index (χ1v) is 16.4. The zero-order valence-electron chi connectivity index (χ0n) is 24.0. The molecule has 2 aromatic carbocycles. The molecule has 0 radical (unpaired) electrons. The third kappa shape index (κ3) is 8.30. The predicted octanol–water partition coefficient (Wildman–Crippen LogP) is -0.302. The number of carbonyl (C=O) groups excluding carboxylic acids is 3. The van der Waals surface area contributed by atoms with Crippen molar-refractivity contribution in [3.63, 3.8) is 0 Å². The second-order valence-electron chi connectivity index (χ2n) is 10.2. The van der Waals surface area contributed by atoms with Crippen LogP contribution in [-0.4, -0.2) is 80.8 Å². The van der Waals surface area contributed by atoms with Gasteiger partial charge in [0.05, 0.1) is 9.79 Å². The average Bonchev–Trinajstić information content (AvgIpc) is 3.43. The fourth-order valence-electron chi connectivity index (χ4n) is 4.55. The summed E-state index contributed by atoms with van der Waals surface area (Å²) < 4.78 is 55.0. The molecule has 43 heavy (non-hydrogen) atoms. The molecule has 0 spiro atoms. The molecule has 16 heteroatoms. The number of hydrogen-bond acceptors (Lipinski definition) is 8. The molecule has 1 heterocycles. The molecule has 1 aliphatic rings. The molecule has 234 valence electrons. The summed E-state index contributed by atoms with van der Waals surface area (Å²) in [5, 5.41) is 2.54. The first-order valence-electron chi connectivity index (χ1n) is 13.5. The first-order chi connectivity index (χ1) is 20.1. The molecule has 0 unspecified atom stereocenters. The van der Waals surface area contributed by atoms with Crippen LogP contribution in [0.3, 0.4) is 0 Å². The van der Waals surface area contributed by atoms with Crippen LogP contribution in [0, 0.1) is 13.8 Å². The van der Waals surface area contributed by atoms with Crippen molar-refractivity contribution < 1.29 is 31.2 Å². The molecule has 1 aliphatic heterocycles. The number of guanidine groups is 1. The minimum Gasteiger partial charge on any atom is -0.370 e. The summed E-state index contributed by atoms with van der Waals surface area (Å²) >= 11 is 0. The lowest BCUT2D eigenvalue weighted by molar-refractivity contribution is -0.139. The molecule has 0 aromatic heterocycles. The molecular formula is C27H37N7O7S2. The van der Waals surface area contributed by atoms with Gasteiger partial charge in [0, 0.05) is 13.1 Å². The van der Waals surface area contributed by atoms with Crippen LogP contribution in [0.15, 0.2) is 63.3 Å². The third-order valence-corrected chi connectivity index (χ3v) is 11.2. The molecule has 0 bridgehead atoms. The predicted molar refractivity (Wildman–Crippen MR) is 159 cm³/mol. The molecule has 3 amide bonds. The summed E-state index contributed by atoms with van der Waals surface area (Å²) in [5.41, 5.74) is 17.5. The SMILES string of the molecule is Cc1ccc(S(=O)(=O)N(CC(=O)N2CCC[C@H]2C(=O)N[C@@H](CCCN=C(N)N)C(N)=O)S(=O)(=O)c2ccc(C)cc2)cc1. The number of rotatable bonds is 13. The van der Waals surface area contributed by atoms with E-state index in [0.29, 0.717) is 12.8 Å². The lowest BCUT2D eigenvalue weighted by Gasteiger charge is -2.28. The number of aliphatic imine (C=N–C) groups is 1. The number of amides is 3. The van der Waals surface area contributed by atoms with Crippen LogP contribution in [-0.2, 0) is 34.4 Å². The number of carbonyl (C=O) groups is 3. The molecule has 1 fully saturated rings. The molecule has 3 rings (SSSR count). The van der Waals surface area contributed by atoms with E-state index in [-0.39, 0.29) is 45.4 Å². The Morgan fingerprint density at radius 3 is 1.91 bits per heavy atom. The van der Waals surface area contributed by atoms with Crippen LogP contribution in [0.5, 0.6) is 0 Å². The van der Waals surface area contributed by atoms with E-state index in [9.17, 15) is 31.2 Å². The number of aryl methyl sites for hydroxylation is 2. The molecule has 1 saturated heterocycles. The number of benzene rings is 2. The zero-order chi connectivity index (χ0) is 31.9. The van der Waals surface area contributed by atoms with Crippen LogP contribution >= 0.6 is 0 Å². The average molecular weight is 636 g/mol. The summed E-state index contributed by atoms with van der Waals surface area (Å²) in [4.78, 5) is 43.0. The summed E-state index contributed by atoms with van der Waals surface area (Å²) in [5.74, 6) is -2.49. The van der Waals surface area contributed by atoms with E-state index in [4.69, 9.17) is 17.2 Å². The van der Waals surface area contributed by atoms with Gasteiger partial charge in [0.15, 0.2) is 5.96 Å². The van der Waals surface area contributed by atoms with Crippen molar-refractivity contribution in [2.24, 2.45) is 22.2 Å². The molecule has 0 saturated carbocycles. The molecule has 14 nitrogen and oxygen atoms in total. The lowest BCUT2D eigenvalue weighted by atomic mass is 10.1. The van der Waals surface area contributed by atoms with E-state index in [1.807, 2.05) is 0 Å². The minimum absolute atomic E-state index is 0.0750. The largest absolute Gasteiger partial charge is 0.370 e. The first kappa shape index (κ1) is 33.5. The Kier molecular flexibility index (Phi) is 10.9. The molecule has 0 aliphatic carbocycles. The van der Waals surface area contributed by atoms with Crippen LogP contribution in [0.1, 0.15) is 36.8 Å². The molecule has 2 atom stereocenters. The Hall–Kier alpha value is -4.02. The van der Waals surface area contributed by atoms with Gasteiger partial charge < -0.3 is 27.4 Å². The fraction of sp³-hybridized carbons (Fsp3) is 0.407. The van der Waals surface area contributed by atoms with Crippen molar-refractivity contribution in [1.82, 2.24) is 13.9 Å². The van der Waals surface area contributed by atoms with Gasteiger partial charge in [0.25, 0.3) is 20.0 Å². The summed E-state index contributed by atoms with van der Waals surface area (Å²) in [6, 6.07) is 8.95. The van der Waals surface area contributed by atoms with Crippen molar-refractivity contribution in [2.75, 3.05) is 19.6 Å². The van der Waals surface area contributed by atoms with Gasteiger partial charge in [-0.3, -0.25) is 19.4 Å². The Morgan fingerprint density at radius 1 is 0.930 bits per heavy atom. The highest BCUT2D eigenvalue weighted by molar-refractivity contribution is 8.04. The number of hydrogen-bond donors (Lipinski definition) is 4. The highest BCUT2D eigenvalue weighted by Gasteiger charge is 2.42. The number of nitrogens with zero attached hydrogens (tertiary/aromatic N) is 3. The maximum Gasteiger partial charge on any atom is 0.256 e. The lowest BCUT2D eigenvalue weighted by Crippen LogP contribution is -2.54. The van der Waals surface area contributed by atoms with Gasteiger partial charge in [-0.1, -0.05) is 39.1 Å². The Morgan fingerprint density at radius 2 is 1.44 bits per heavy atom. The van der Waals surface area contributed by atoms with Gasteiger partial charge in [0.2, 0.25) is 17.7 Å². The third-order valence-electron chi connectivity index (χ3n) is 6.92. The van der Waals surface area contributed by atoms with Crippen molar-refractivity contribution in [3.05, 3.63) is 59.7 Å². The highest BCUT2D eigenvalue weighted by Crippen LogP contribution is 2.27. The van der Waals surface area contributed by atoms with E-state index in [1.165, 1.54) is 48.5 Å². The second kappa shape index (κ2) is 14.0. The zero-order valence-corrected chi connectivity index (χ0v) is 25.6. The number of primary amides is 1. The van der Waals surface area contributed by atoms with E-state index in [2.05, 4.69) is 10.3 Å². The van der Waals surface area contributed by atoms with Gasteiger partial charge in [-0.2, -0.15) is 0 Å². The molecule has 2 aromatic rings. The fourth-order valence-corrected chi connectivity index (χ4v) is 8.09. The Labute approximate surface area is 251 Å². The van der Waals surface area contributed by atoms with Crippen LogP contribution in [0.25, 0.3) is 0 Å². The van der Waals surface area contributed by atoms with Gasteiger partial charge in [-0.25, -0.2) is 16.8 Å². The number of sulfonamides is 2. The Bertz CT molecular complexity index is 1500. The maximum atomic E-state index is 13.7. The van der Waals surface area contributed by atoms with Crippen LogP contribution < -0.4 is 22.5 Å². The van der Waals surface area contributed by atoms with Gasteiger partial charge in [-0.05, 0) is 63.8 Å². The van der Waals surface area contributed by atoms with Crippen LogP contribution in [0.4, 0.5) is 0 Å². The summed E-state index contributed by atoms with van der Waals surface area (Å²) in [7, 11) is -9.48.